The molecule has 0 bridgehead atoms. The topological polar surface area (TPSA) is 69.7 Å². The summed E-state index contributed by atoms with van der Waals surface area (Å²) in [6, 6.07) is 7.51. The highest BCUT2D eigenvalue weighted by Crippen LogP contribution is 2.61. The van der Waals surface area contributed by atoms with Crippen molar-refractivity contribution >= 4 is 27.4 Å². The molecule has 5 rings (SSSR count). The van der Waals surface area contributed by atoms with E-state index in [1.165, 1.54) is 24.3 Å². The number of esters is 1. The van der Waals surface area contributed by atoms with E-state index in [0.29, 0.717) is 5.02 Å². The van der Waals surface area contributed by atoms with Crippen LogP contribution < -0.4 is 4.74 Å². The Kier molecular flexibility index (Phi) is 5.25. The number of sulfone groups is 1. The standard InChI is InChI=1S/C24H23ClF2O5S/c1-12(2)19-20-15-11-31-22-17(27)8-7-16(26)21(22)24(15,10-9-18(20)32-23(19)28)33(29,30)14-5-3-13(25)4-6-14/h3-8,12,15,18-20H,9-11H2,1-2H3/t15-,18-,19+,20+,24-/m0/s1. The molecule has 0 amide bonds. The van der Waals surface area contributed by atoms with Crippen molar-refractivity contribution < 1.29 is 31.5 Å². The Morgan fingerprint density at radius 3 is 2.42 bits per heavy atom. The number of benzene rings is 2. The highest BCUT2D eigenvalue weighted by molar-refractivity contribution is 7.92. The molecule has 0 unspecified atom stereocenters. The first kappa shape index (κ1) is 22.6. The van der Waals surface area contributed by atoms with Gasteiger partial charge in [0, 0.05) is 16.9 Å². The molecule has 0 aromatic heterocycles. The molecule has 1 aliphatic carbocycles. The average Bonchev–Trinajstić information content (AvgIpc) is 3.12. The summed E-state index contributed by atoms with van der Waals surface area (Å²) >= 11 is 5.97. The molecule has 1 saturated heterocycles. The predicted molar refractivity (Wildman–Crippen MR) is 117 cm³/mol. The Bertz CT molecular complexity index is 1230. The second kappa shape index (κ2) is 7.67. The second-order valence-corrected chi connectivity index (χ2v) is 12.0. The third kappa shape index (κ3) is 3.06. The second-order valence-electron chi connectivity index (χ2n) is 9.36. The summed E-state index contributed by atoms with van der Waals surface area (Å²) in [5.74, 6) is -4.44. The molecule has 3 aliphatic rings. The third-order valence-corrected chi connectivity index (χ3v) is 10.3. The van der Waals surface area contributed by atoms with Crippen LogP contribution in [0.3, 0.4) is 0 Å². The zero-order chi connectivity index (χ0) is 23.7. The Hall–Kier alpha value is -2.19. The van der Waals surface area contributed by atoms with Gasteiger partial charge in [0.2, 0.25) is 0 Å². The number of halogens is 3. The Morgan fingerprint density at radius 1 is 1.09 bits per heavy atom. The van der Waals surface area contributed by atoms with E-state index < -0.39 is 50.1 Å². The van der Waals surface area contributed by atoms with Crippen molar-refractivity contribution in [1.29, 1.82) is 0 Å². The highest BCUT2D eigenvalue weighted by atomic mass is 35.5. The van der Waals surface area contributed by atoms with E-state index in [1.54, 1.807) is 0 Å². The Labute approximate surface area is 195 Å². The SMILES string of the molecule is CC(C)[C@H]1C(=O)O[C@H]2CC[C@@]3(S(=O)(=O)c4ccc(Cl)cc4)c4c(F)ccc(F)c4OC[C@H]3[C@H]21. The van der Waals surface area contributed by atoms with E-state index in [0.717, 1.165) is 12.1 Å². The molecule has 0 N–H and O–H groups in total. The summed E-state index contributed by atoms with van der Waals surface area (Å²) in [4.78, 5) is 12.7. The number of carbonyl (C=O) groups excluding carboxylic acids is 1. The van der Waals surface area contributed by atoms with E-state index in [1.807, 2.05) is 13.8 Å². The van der Waals surface area contributed by atoms with Crippen LogP contribution in [-0.4, -0.2) is 27.1 Å². The molecule has 1 saturated carbocycles. The molecule has 9 heteroatoms. The van der Waals surface area contributed by atoms with Gasteiger partial charge in [0.05, 0.1) is 23.0 Å². The van der Waals surface area contributed by atoms with Crippen molar-refractivity contribution in [3.63, 3.8) is 0 Å². The largest absolute Gasteiger partial charge is 0.490 e. The van der Waals surface area contributed by atoms with Crippen LogP contribution >= 0.6 is 11.6 Å². The maximum atomic E-state index is 15.4. The predicted octanol–water partition coefficient (Wildman–Crippen LogP) is 4.90. The fraction of sp³-hybridized carbons (Fsp3) is 0.458. The molecule has 33 heavy (non-hydrogen) atoms. The summed E-state index contributed by atoms with van der Waals surface area (Å²) in [5.41, 5.74) is -0.297. The molecule has 2 aliphatic heterocycles. The smallest absolute Gasteiger partial charge is 0.309 e. The van der Waals surface area contributed by atoms with Crippen LogP contribution in [0.15, 0.2) is 41.3 Å². The maximum absolute atomic E-state index is 15.4. The van der Waals surface area contributed by atoms with Crippen molar-refractivity contribution in [2.75, 3.05) is 6.61 Å². The van der Waals surface area contributed by atoms with Crippen LogP contribution in [0.25, 0.3) is 0 Å². The van der Waals surface area contributed by atoms with Crippen LogP contribution in [0.1, 0.15) is 32.3 Å². The molecule has 5 nitrogen and oxygen atoms in total. The van der Waals surface area contributed by atoms with Gasteiger partial charge in [-0.2, -0.15) is 0 Å². The third-order valence-electron chi connectivity index (χ3n) is 7.46. The van der Waals surface area contributed by atoms with Gasteiger partial charge in [0.1, 0.15) is 16.7 Å². The van der Waals surface area contributed by atoms with E-state index in [-0.39, 0.29) is 47.5 Å². The van der Waals surface area contributed by atoms with Crippen molar-refractivity contribution in [2.45, 2.75) is 42.4 Å². The molecule has 2 aromatic carbocycles. The monoisotopic (exact) mass is 496 g/mol. The fourth-order valence-corrected chi connectivity index (χ4v) is 8.63. The lowest BCUT2D eigenvalue weighted by Gasteiger charge is -2.51. The minimum absolute atomic E-state index is 0.0291. The van der Waals surface area contributed by atoms with Crippen LogP contribution in [-0.2, 0) is 24.1 Å². The van der Waals surface area contributed by atoms with E-state index >= 15 is 4.39 Å². The zero-order valence-electron chi connectivity index (χ0n) is 18.1. The number of rotatable bonds is 3. The summed E-state index contributed by atoms with van der Waals surface area (Å²) < 4.78 is 68.3. The highest BCUT2D eigenvalue weighted by Gasteiger charge is 2.67. The van der Waals surface area contributed by atoms with Crippen LogP contribution in [0, 0.1) is 35.3 Å². The Balaban J connectivity index is 1.80. The van der Waals surface area contributed by atoms with Gasteiger partial charge in [-0.25, -0.2) is 17.2 Å². The maximum Gasteiger partial charge on any atom is 0.309 e. The number of fused-ring (bicyclic) bond motifs is 5. The lowest BCUT2D eigenvalue weighted by molar-refractivity contribution is -0.145. The molecule has 2 aromatic rings. The van der Waals surface area contributed by atoms with Crippen LogP contribution in [0.4, 0.5) is 8.78 Å². The van der Waals surface area contributed by atoms with Gasteiger partial charge in [0.25, 0.3) is 0 Å². The van der Waals surface area contributed by atoms with Crippen LogP contribution in [0.5, 0.6) is 5.75 Å². The molecule has 5 atom stereocenters. The van der Waals surface area contributed by atoms with Gasteiger partial charge < -0.3 is 9.47 Å². The van der Waals surface area contributed by atoms with Crippen molar-refractivity contribution in [1.82, 2.24) is 0 Å². The number of hydrogen-bond acceptors (Lipinski definition) is 5. The number of hydrogen-bond donors (Lipinski definition) is 0. The van der Waals surface area contributed by atoms with Gasteiger partial charge in [0.15, 0.2) is 21.4 Å². The minimum Gasteiger partial charge on any atom is -0.490 e. The van der Waals surface area contributed by atoms with Gasteiger partial charge >= 0.3 is 5.97 Å². The number of carbonyl (C=O) groups is 1. The zero-order valence-corrected chi connectivity index (χ0v) is 19.6. The Morgan fingerprint density at radius 2 is 1.76 bits per heavy atom. The molecular formula is C24H23ClF2O5S. The molecular weight excluding hydrogens is 474 g/mol. The first-order chi connectivity index (χ1) is 15.6. The molecule has 0 spiro atoms. The molecule has 2 heterocycles. The molecule has 2 fully saturated rings. The lowest BCUT2D eigenvalue weighted by Crippen LogP contribution is -2.57. The summed E-state index contributed by atoms with van der Waals surface area (Å²) in [5, 5.41) is 0.353. The van der Waals surface area contributed by atoms with Crippen LogP contribution in [0.2, 0.25) is 5.02 Å². The van der Waals surface area contributed by atoms with E-state index in [2.05, 4.69) is 0 Å². The van der Waals surface area contributed by atoms with Gasteiger partial charge in [-0.3, -0.25) is 4.79 Å². The number of ether oxygens (including phenoxy) is 2. The van der Waals surface area contributed by atoms with Crippen molar-refractivity contribution in [3.05, 3.63) is 58.6 Å². The van der Waals surface area contributed by atoms with Crippen molar-refractivity contribution in [3.8, 4) is 5.75 Å². The minimum atomic E-state index is -4.27. The van der Waals surface area contributed by atoms with Gasteiger partial charge in [-0.05, 0) is 55.2 Å². The summed E-state index contributed by atoms with van der Waals surface area (Å²) in [6.07, 6.45) is -0.304. The van der Waals surface area contributed by atoms with Crippen molar-refractivity contribution in [2.24, 2.45) is 23.7 Å². The van der Waals surface area contributed by atoms with E-state index in [9.17, 15) is 17.6 Å². The average molecular weight is 497 g/mol. The lowest BCUT2D eigenvalue weighted by atomic mass is 9.62. The quantitative estimate of drug-likeness (QED) is 0.565. The normalized spacial score (nSPS) is 30.8. The molecule has 176 valence electrons. The first-order valence-electron chi connectivity index (χ1n) is 10.9. The van der Waals surface area contributed by atoms with E-state index in [4.69, 9.17) is 21.1 Å². The molecule has 0 radical (unpaired) electrons. The summed E-state index contributed by atoms with van der Waals surface area (Å²) in [6.45, 7) is 3.58. The fourth-order valence-electron chi connectivity index (χ4n) is 6.11. The van der Waals surface area contributed by atoms with Gasteiger partial charge in [-0.1, -0.05) is 25.4 Å². The summed E-state index contributed by atoms with van der Waals surface area (Å²) in [7, 11) is -4.27. The van der Waals surface area contributed by atoms with Gasteiger partial charge in [-0.15, -0.1) is 0 Å². The first-order valence-corrected chi connectivity index (χ1v) is 12.8.